The quantitative estimate of drug-likeness (QED) is 0.535. The van der Waals surface area contributed by atoms with E-state index in [1.807, 2.05) is 24.3 Å². The summed E-state index contributed by atoms with van der Waals surface area (Å²) in [6.45, 7) is 0. The van der Waals surface area contributed by atoms with Crippen LogP contribution < -0.4 is 9.31 Å². The van der Waals surface area contributed by atoms with E-state index in [0.29, 0.717) is 7.69 Å². The zero-order valence-electron chi connectivity index (χ0n) is 9.04. The van der Waals surface area contributed by atoms with Crippen molar-refractivity contribution in [2.45, 2.75) is 0 Å². The Kier molecular flexibility index (Phi) is 3.40. The number of hydrogen-bond donors (Lipinski definition) is 2. The molecular formula is C12H11BO4. The molecule has 2 N–H and O–H groups in total. The summed E-state index contributed by atoms with van der Waals surface area (Å²) < 4.78 is 10.2. The van der Waals surface area contributed by atoms with Crippen molar-refractivity contribution in [1.82, 2.24) is 0 Å². The molecule has 0 fully saturated rings. The second-order valence-corrected chi connectivity index (χ2v) is 3.34. The third kappa shape index (κ3) is 2.84. The molecule has 0 spiro atoms. The minimum atomic E-state index is -0.0764. The first kappa shape index (κ1) is 11.2. The summed E-state index contributed by atoms with van der Waals surface area (Å²) in [7, 11) is 0.360. The van der Waals surface area contributed by atoms with Crippen LogP contribution in [0.15, 0.2) is 48.5 Å². The van der Waals surface area contributed by atoms with E-state index in [2.05, 4.69) is 0 Å². The van der Waals surface area contributed by atoms with Crippen LogP contribution in [-0.2, 0) is 0 Å². The predicted octanol–water partition coefficient (Wildman–Crippen LogP) is 1.82. The second-order valence-electron chi connectivity index (χ2n) is 3.34. The van der Waals surface area contributed by atoms with E-state index in [4.69, 9.17) is 19.5 Å². The Hall–Kier alpha value is -2.30. The number of para-hydroxylation sites is 4. The lowest BCUT2D eigenvalue weighted by atomic mass is 10.3. The van der Waals surface area contributed by atoms with Crippen molar-refractivity contribution in [2.75, 3.05) is 0 Å². The van der Waals surface area contributed by atoms with Crippen molar-refractivity contribution in [1.29, 1.82) is 0 Å². The zero-order chi connectivity index (χ0) is 12.1. The number of phenols is 2. The van der Waals surface area contributed by atoms with Crippen LogP contribution in [-0.4, -0.2) is 17.9 Å². The topological polar surface area (TPSA) is 58.9 Å². The average Bonchev–Trinajstić information content (AvgIpc) is 2.82. The molecular weight excluding hydrogens is 219 g/mol. The summed E-state index contributed by atoms with van der Waals surface area (Å²) in [6.07, 6.45) is 0. The lowest BCUT2D eigenvalue weighted by Crippen LogP contribution is -1.99. The van der Waals surface area contributed by atoms with Gasteiger partial charge in [0.05, 0.1) is 0 Å². The van der Waals surface area contributed by atoms with E-state index >= 15 is 0 Å². The Labute approximate surface area is 99.4 Å². The zero-order valence-corrected chi connectivity index (χ0v) is 9.04. The lowest BCUT2D eigenvalue weighted by molar-refractivity contribution is 0.404. The van der Waals surface area contributed by atoms with Gasteiger partial charge in [0.2, 0.25) is 0 Å². The Morgan fingerprint density at radius 2 is 1.12 bits per heavy atom. The van der Waals surface area contributed by atoms with Gasteiger partial charge in [-0.05, 0) is 24.3 Å². The van der Waals surface area contributed by atoms with Crippen molar-refractivity contribution in [3.05, 3.63) is 48.5 Å². The largest absolute Gasteiger partial charge is 0.576 e. The van der Waals surface area contributed by atoms with Crippen LogP contribution in [0, 0.1) is 0 Å². The van der Waals surface area contributed by atoms with Crippen molar-refractivity contribution >= 4 is 7.69 Å². The Morgan fingerprint density at radius 1 is 0.706 bits per heavy atom. The van der Waals surface area contributed by atoms with E-state index in [9.17, 15) is 0 Å². The molecule has 0 amide bonds. The summed E-state index contributed by atoms with van der Waals surface area (Å²) in [4.78, 5) is 0. The van der Waals surface area contributed by atoms with Crippen LogP contribution in [0.25, 0.3) is 0 Å². The van der Waals surface area contributed by atoms with Crippen LogP contribution >= 0.6 is 0 Å². The monoisotopic (exact) mass is 230 g/mol. The smallest absolute Gasteiger partial charge is 0.526 e. The number of rotatable bonds is 0. The normalized spacial score (nSPS) is 11.1. The minimum Gasteiger partial charge on any atom is -0.526 e. The van der Waals surface area contributed by atoms with Crippen LogP contribution in [0.4, 0.5) is 0 Å². The molecule has 1 aliphatic rings. The highest BCUT2D eigenvalue weighted by Gasteiger charge is 2.12. The molecule has 1 heterocycles. The average molecular weight is 230 g/mol. The summed E-state index contributed by atoms with van der Waals surface area (Å²) in [5.74, 6) is 1.54. The molecule has 0 bridgehead atoms. The van der Waals surface area contributed by atoms with Gasteiger partial charge >= 0.3 is 7.69 Å². The highest BCUT2D eigenvalue weighted by Crippen LogP contribution is 2.29. The van der Waals surface area contributed by atoms with Gasteiger partial charge in [-0.15, -0.1) is 0 Å². The van der Waals surface area contributed by atoms with Crippen molar-refractivity contribution in [3.63, 3.8) is 0 Å². The minimum absolute atomic E-state index is 0.0764. The van der Waals surface area contributed by atoms with Crippen LogP contribution in [0.5, 0.6) is 23.0 Å². The van der Waals surface area contributed by atoms with E-state index in [-0.39, 0.29) is 11.5 Å². The van der Waals surface area contributed by atoms with Gasteiger partial charge in [0, 0.05) is 0 Å². The van der Waals surface area contributed by atoms with Gasteiger partial charge in [0.1, 0.15) is 11.5 Å². The SMILES string of the molecule is B1Oc2ccccc2O1.Oc1ccccc1O. The third-order valence-corrected chi connectivity index (χ3v) is 2.16. The molecule has 0 saturated heterocycles. The molecule has 0 unspecified atom stereocenters. The number of aromatic hydroxyl groups is 2. The first-order chi connectivity index (χ1) is 8.27. The number of fused-ring (bicyclic) bond motifs is 1. The molecule has 17 heavy (non-hydrogen) atoms. The highest BCUT2D eigenvalue weighted by atomic mass is 16.6. The number of hydrogen-bond acceptors (Lipinski definition) is 4. The first-order valence-electron chi connectivity index (χ1n) is 5.09. The van der Waals surface area contributed by atoms with E-state index in [1.165, 1.54) is 12.1 Å². The molecule has 2 aromatic rings. The maximum atomic E-state index is 8.67. The van der Waals surface area contributed by atoms with Gasteiger partial charge in [-0.1, -0.05) is 24.3 Å². The lowest BCUT2D eigenvalue weighted by Gasteiger charge is -1.92. The van der Waals surface area contributed by atoms with E-state index < -0.39 is 0 Å². The fraction of sp³-hybridized carbons (Fsp3) is 0. The Morgan fingerprint density at radius 3 is 1.53 bits per heavy atom. The van der Waals surface area contributed by atoms with Gasteiger partial charge in [-0.25, -0.2) is 0 Å². The van der Waals surface area contributed by atoms with Gasteiger partial charge in [0.15, 0.2) is 11.5 Å². The van der Waals surface area contributed by atoms with E-state index in [1.54, 1.807) is 12.1 Å². The van der Waals surface area contributed by atoms with Gasteiger partial charge in [-0.3, -0.25) is 0 Å². The summed E-state index contributed by atoms with van der Waals surface area (Å²) in [5, 5.41) is 17.3. The molecule has 0 radical (unpaired) electrons. The number of phenolic OH excluding ortho intramolecular Hbond substituents is 2. The summed E-state index contributed by atoms with van der Waals surface area (Å²) in [5.41, 5.74) is 0. The second kappa shape index (κ2) is 5.16. The molecule has 4 nitrogen and oxygen atoms in total. The maximum absolute atomic E-state index is 8.67. The fourth-order valence-electron chi connectivity index (χ4n) is 1.31. The fourth-order valence-corrected chi connectivity index (χ4v) is 1.31. The first-order valence-corrected chi connectivity index (χ1v) is 5.09. The standard InChI is InChI=1S/C6H5BO2.C6H6O2/c1-2-4-6-5(3-1)8-7-9-6;7-5-3-1-2-4-6(5)8/h1-4,7H;1-4,7-8H. The predicted molar refractivity (Wildman–Crippen MR) is 64.6 cm³/mol. The molecule has 2 aromatic carbocycles. The van der Waals surface area contributed by atoms with Gasteiger partial charge in [0.25, 0.3) is 0 Å². The van der Waals surface area contributed by atoms with Crippen LogP contribution in [0.1, 0.15) is 0 Å². The van der Waals surface area contributed by atoms with Crippen LogP contribution in [0.3, 0.4) is 0 Å². The molecule has 0 atom stereocenters. The maximum Gasteiger partial charge on any atom is 0.576 e. The Balaban J connectivity index is 0.000000128. The van der Waals surface area contributed by atoms with Crippen molar-refractivity contribution < 1.29 is 19.5 Å². The molecule has 5 heteroatoms. The molecule has 1 aliphatic heterocycles. The molecule has 0 aromatic heterocycles. The van der Waals surface area contributed by atoms with Gasteiger partial charge < -0.3 is 19.5 Å². The van der Waals surface area contributed by atoms with Crippen LogP contribution in [0.2, 0.25) is 0 Å². The summed E-state index contributed by atoms with van der Waals surface area (Å²) in [6, 6.07) is 13.8. The molecule has 86 valence electrons. The molecule has 0 saturated carbocycles. The van der Waals surface area contributed by atoms with Crippen molar-refractivity contribution in [2.24, 2.45) is 0 Å². The number of benzene rings is 2. The van der Waals surface area contributed by atoms with E-state index in [0.717, 1.165) is 11.5 Å². The molecule has 0 aliphatic carbocycles. The molecule has 3 rings (SSSR count). The Bertz CT molecular complexity index is 457. The summed E-state index contributed by atoms with van der Waals surface area (Å²) >= 11 is 0. The third-order valence-electron chi connectivity index (χ3n) is 2.16. The van der Waals surface area contributed by atoms with Crippen molar-refractivity contribution in [3.8, 4) is 23.0 Å². The van der Waals surface area contributed by atoms with Gasteiger partial charge in [-0.2, -0.15) is 0 Å². The highest BCUT2D eigenvalue weighted by molar-refractivity contribution is 6.22.